The number of methoxy groups -OCH3 is 2. The average molecular weight is 375 g/mol. The van der Waals surface area contributed by atoms with E-state index in [9.17, 15) is 9.59 Å². The summed E-state index contributed by atoms with van der Waals surface area (Å²) in [6.07, 6.45) is 8.38. The summed E-state index contributed by atoms with van der Waals surface area (Å²) in [5.74, 6) is 1.11. The van der Waals surface area contributed by atoms with Crippen molar-refractivity contribution in [2.45, 2.75) is 57.4 Å². The van der Waals surface area contributed by atoms with Gasteiger partial charge in [-0.05, 0) is 37.5 Å². The number of nitrogens with zero attached hydrogens (tertiary/aromatic N) is 1. The van der Waals surface area contributed by atoms with Crippen LogP contribution in [-0.2, 0) is 9.59 Å². The second kappa shape index (κ2) is 11.2. The number of hydrogen-bond donors (Lipinski definition) is 2. The minimum Gasteiger partial charge on any atom is -0.497 e. The van der Waals surface area contributed by atoms with E-state index in [4.69, 9.17) is 9.47 Å². The molecule has 0 heterocycles. The van der Waals surface area contributed by atoms with Crippen molar-refractivity contribution in [1.29, 1.82) is 0 Å². The molecule has 0 atom stereocenters. The lowest BCUT2D eigenvalue weighted by Gasteiger charge is -2.22. The first-order chi connectivity index (χ1) is 13.1. The van der Waals surface area contributed by atoms with Crippen molar-refractivity contribution in [3.8, 4) is 11.5 Å². The Bertz CT molecular complexity index is 655. The van der Waals surface area contributed by atoms with Crippen LogP contribution in [0.2, 0.25) is 0 Å². The summed E-state index contributed by atoms with van der Waals surface area (Å²) < 4.78 is 10.4. The first-order valence-corrected chi connectivity index (χ1v) is 9.45. The van der Waals surface area contributed by atoms with Gasteiger partial charge in [-0.25, -0.2) is 5.43 Å². The van der Waals surface area contributed by atoms with E-state index in [-0.39, 0.29) is 18.2 Å². The van der Waals surface area contributed by atoms with Crippen molar-refractivity contribution < 1.29 is 19.1 Å². The zero-order chi connectivity index (χ0) is 19.5. The van der Waals surface area contributed by atoms with Gasteiger partial charge in [-0.15, -0.1) is 0 Å². The second-order valence-electron chi connectivity index (χ2n) is 6.66. The first-order valence-electron chi connectivity index (χ1n) is 9.45. The minimum atomic E-state index is -0.224. The Labute approximate surface area is 160 Å². The maximum Gasteiger partial charge on any atom is 0.240 e. The summed E-state index contributed by atoms with van der Waals surface area (Å²) in [4.78, 5) is 23.8. The molecule has 0 spiro atoms. The second-order valence-corrected chi connectivity index (χ2v) is 6.66. The lowest BCUT2D eigenvalue weighted by atomic mass is 9.95. The maximum atomic E-state index is 11.9. The van der Waals surface area contributed by atoms with Gasteiger partial charge in [0.25, 0.3) is 0 Å². The molecular formula is C20H29N3O4. The fraction of sp³-hybridized carbons (Fsp3) is 0.550. The van der Waals surface area contributed by atoms with Crippen molar-refractivity contribution in [2.24, 2.45) is 5.10 Å². The SMILES string of the molecule is COc1ccc(OC)c(/C=N\NC(=O)CCCC(=O)NC2CCCCC2)c1. The minimum absolute atomic E-state index is 0.0271. The molecule has 0 unspecified atom stereocenters. The highest BCUT2D eigenvalue weighted by Crippen LogP contribution is 2.22. The Morgan fingerprint density at radius 3 is 2.56 bits per heavy atom. The van der Waals surface area contributed by atoms with E-state index in [2.05, 4.69) is 15.8 Å². The van der Waals surface area contributed by atoms with E-state index in [1.807, 2.05) is 0 Å². The Kier molecular flexibility index (Phi) is 8.61. The largest absolute Gasteiger partial charge is 0.497 e. The van der Waals surface area contributed by atoms with Gasteiger partial charge in [-0.1, -0.05) is 19.3 Å². The van der Waals surface area contributed by atoms with E-state index >= 15 is 0 Å². The normalized spacial score (nSPS) is 14.7. The van der Waals surface area contributed by atoms with Crippen LogP contribution in [0.25, 0.3) is 0 Å². The molecular weight excluding hydrogens is 346 g/mol. The van der Waals surface area contributed by atoms with Crippen LogP contribution in [0.5, 0.6) is 11.5 Å². The van der Waals surface area contributed by atoms with Crippen LogP contribution in [0.1, 0.15) is 56.9 Å². The predicted octanol–water partition coefficient (Wildman–Crippen LogP) is 2.77. The Morgan fingerprint density at radius 2 is 1.85 bits per heavy atom. The van der Waals surface area contributed by atoms with Gasteiger partial charge in [0.05, 0.1) is 20.4 Å². The highest BCUT2D eigenvalue weighted by Gasteiger charge is 2.15. The van der Waals surface area contributed by atoms with Crippen LogP contribution in [0, 0.1) is 0 Å². The molecule has 0 aromatic heterocycles. The molecule has 1 aliphatic rings. The van der Waals surface area contributed by atoms with Crippen molar-refractivity contribution in [1.82, 2.24) is 10.7 Å². The molecule has 7 heteroatoms. The third-order valence-electron chi connectivity index (χ3n) is 4.61. The fourth-order valence-corrected chi connectivity index (χ4v) is 3.13. The molecule has 0 aliphatic heterocycles. The van der Waals surface area contributed by atoms with Crippen LogP contribution in [0.3, 0.4) is 0 Å². The summed E-state index contributed by atoms with van der Waals surface area (Å²) in [5.41, 5.74) is 3.18. The smallest absolute Gasteiger partial charge is 0.240 e. The lowest BCUT2D eigenvalue weighted by Crippen LogP contribution is -2.36. The Morgan fingerprint density at radius 1 is 1.11 bits per heavy atom. The third kappa shape index (κ3) is 7.29. The molecule has 2 N–H and O–H groups in total. The van der Waals surface area contributed by atoms with Crippen LogP contribution in [-0.4, -0.2) is 38.3 Å². The van der Waals surface area contributed by atoms with E-state index in [0.717, 1.165) is 12.8 Å². The number of ether oxygens (including phenoxy) is 2. The summed E-state index contributed by atoms with van der Waals surface area (Å²) in [6.45, 7) is 0. The van der Waals surface area contributed by atoms with E-state index < -0.39 is 0 Å². The molecule has 148 valence electrons. The number of nitrogens with one attached hydrogen (secondary N) is 2. The van der Waals surface area contributed by atoms with Gasteiger partial charge in [0.2, 0.25) is 11.8 Å². The first kappa shape index (κ1) is 20.7. The van der Waals surface area contributed by atoms with Crippen LogP contribution >= 0.6 is 0 Å². The zero-order valence-corrected chi connectivity index (χ0v) is 16.1. The lowest BCUT2D eigenvalue weighted by molar-refractivity contribution is -0.123. The number of hydrogen-bond acceptors (Lipinski definition) is 5. The molecule has 2 amide bonds. The zero-order valence-electron chi connectivity index (χ0n) is 16.1. The molecule has 2 rings (SSSR count). The molecule has 27 heavy (non-hydrogen) atoms. The highest BCUT2D eigenvalue weighted by atomic mass is 16.5. The molecule has 1 aromatic rings. The number of benzene rings is 1. The quantitative estimate of drug-likeness (QED) is 0.513. The van der Waals surface area contributed by atoms with Crippen LogP contribution in [0.15, 0.2) is 23.3 Å². The molecule has 1 saturated carbocycles. The van der Waals surface area contributed by atoms with Gasteiger partial charge in [-0.3, -0.25) is 9.59 Å². The molecule has 7 nitrogen and oxygen atoms in total. The summed E-state index contributed by atoms with van der Waals surface area (Å²) in [7, 11) is 3.14. The summed E-state index contributed by atoms with van der Waals surface area (Å²) in [6, 6.07) is 5.63. The molecule has 1 fully saturated rings. The number of carbonyl (C=O) groups excluding carboxylic acids is 2. The number of hydrazone groups is 1. The average Bonchev–Trinajstić information content (AvgIpc) is 2.68. The molecule has 1 aromatic carbocycles. The fourth-order valence-electron chi connectivity index (χ4n) is 3.13. The van der Waals surface area contributed by atoms with E-state index in [0.29, 0.717) is 35.9 Å². The van der Waals surface area contributed by atoms with Gasteiger partial charge in [-0.2, -0.15) is 5.10 Å². The van der Waals surface area contributed by atoms with Crippen molar-refractivity contribution in [2.75, 3.05) is 14.2 Å². The predicted molar refractivity (Wildman–Crippen MR) is 104 cm³/mol. The number of amides is 2. The summed E-state index contributed by atoms with van der Waals surface area (Å²) in [5, 5.41) is 7.01. The third-order valence-corrected chi connectivity index (χ3v) is 4.61. The van der Waals surface area contributed by atoms with Gasteiger partial charge >= 0.3 is 0 Å². The van der Waals surface area contributed by atoms with Crippen LogP contribution < -0.4 is 20.2 Å². The molecule has 0 radical (unpaired) electrons. The standard InChI is InChI=1S/C20H29N3O4/c1-26-17-11-12-18(27-2)15(13-17)14-21-23-20(25)10-6-9-19(24)22-16-7-4-3-5-8-16/h11-14,16H,3-10H2,1-2H3,(H,22,24)(H,23,25)/b21-14-. The summed E-state index contributed by atoms with van der Waals surface area (Å²) >= 11 is 0. The number of rotatable bonds is 9. The molecule has 0 bridgehead atoms. The topological polar surface area (TPSA) is 89.0 Å². The van der Waals surface area contributed by atoms with Gasteiger partial charge in [0.15, 0.2) is 0 Å². The van der Waals surface area contributed by atoms with E-state index in [1.54, 1.807) is 32.4 Å². The Hall–Kier alpha value is -2.57. The molecule has 0 saturated heterocycles. The monoisotopic (exact) mass is 375 g/mol. The van der Waals surface area contributed by atoms with Gasteiger partial charge in [0, 0.05) is 24.4 Å². The van der Waals surface area contributed by atoms with Crippen LogP contribution in [0.4, 0.5) is 0 Å². The maximum absolute atomic E-state index is 11.9. The van der Waals surface area contributed by atoms with Crippen molar-refractivity contribution >= 4 is 18.0 Å². The highest BCUT2D eigenvalue weighted by molar-refractivity contribution is 5.86. The van der Waals surface area contributed by atoms with Gasteiger partial charge < -0.3 is 14.8 Å². The van der Waals surface area contributed by atoms with Crippen molar-refractivity contribution in [3.05, 3.63) is 23.8 Å². The van der Waals surface area contributed by atoms with Gasteiger partial charge in [0.1, 0.15) is 11.5 Å². The number of carbonyl (C=O) groups is 2. The molecule has 1 aliphatic carbocycles. The Balaban J connectivity index is 1.69. The van der Waals surface area contributed by atoms with Crippen molar-refractivity contribution in [3.63, 3.8) is 0 Å². The van der Waals surface area contributed by atoms with E-state index in [1.165, 1.54) is 25.5 Å².